The summed E-state index contributed by atoms with van der Waals surface area (Å²) in [4.78, 5) is 13.2. The molecule has 0 radical (unpaired) electrons. The first-order valence-electron chi connectivity index (χ1n) is 4.77. The van der Waals surface area contributed by atoms with E-state index in [1.807, 2.05) is 6.92 Å². The van der Waals surface area contributed by atoms with Crippen LogP contribution in [0.4, 0.5) is 0 Å². The van der Waals surface area contributed by atoms with Crippen LogP contribution in [0.15, 0.2) is 23.9 Å². The molecule has 0 aliphatic rings. The van der Waals surface area contributed by atoms with Crippen LogP contribution < -0.4 is 0 Å². The normalized spacial score (nSPS) is 11.7. The number of carbonyl (C=O) groups excluding carboxylic acids is 1. The summed E-state index contributed by atoms with van der Waals surface area (Å²) in [6.45, 7) is 6.52. The Morgan fingerprint density at radius 3 is 2.40 bits per heavy atom. The lowest BCUT2D eigenvalue weighted by Gasteiger charge is -2.18. The number of esters is 1. The van der Waals surface area contributed by atoms with Crippen LogP contribution >= 0.6 is 0 Å². The average molecular weight is 213 g/mol. The lowest BCUT2D eigenvalue weighted by Crippen LogP contribution is -2.23. The molecule has 0 aliphatic carbocycles. The molecule has 0 bridgehead atoms. The van der Waals surface area contributed by atoms with Gasteiger partial charge in [-0.1, -0.05) is 12.7 Å². The largest absolute Gasteiger partial charge is 0.464 e. The topological polar surface area (TPSA) is 38.8 Å². The van der Waals surface area contributed by atoms with Gasteiger partial charge in [-0.05, 0) is 6.92 Å². The zero-order chi connectivity index (χ0) is 11.8. The number of ether oxygens (including phenoxy) is 2. The Kier molecular flexibility index (Phi) is 6.45. The van der Waals surface area contributed by atoms with Crippen molar-refractivity contribution < 1.29 is 14.3 Å². The summed E-state index contributed by atoms with van der Waals surface area (Å²) in [5.74, 6) is -0.380. The van der Waals surface area contributed by atoms with Crippen molar-refractivity contribution in [1.82, 2.24) is 4.90 Å². The highest BCUT2D eigenvalue weighted by Crippen LogP contribution is 2.11. The molecule has 0 aromatic carbocycles. The number of carbonyl (C=O) groups is 1. The number of nitrogens with zero attached hydrogens (tertiary/aromatic N) is 1. The van der Waals surface area contributed by atoms with Gasteiger partial charge < -0.3 is 14.4 Å². The van der Waals surface area contributed by atoms with Crippen molar-refractivity contribution in [3.63, 3.8) is 0 Å². The maximum Gasteiger partial charge on any atom is 0.354 e. The fraction of sp³-hybridized carbons (Fsp3) is 0.545. The molecule has 0 fully saturated rings. The van der Waals surface area contributed by atoms with Crippen molar-refractivity contribution in [2.75, 3.05) is 34.4 Å². The van der Waals surface area contributed by atoms with E-state index in [-0.39, 0.29) is 5.97 Å². The maximum absolute atomic E-state index is 11.5. The van der Waals surface area contributed by atoms with E-state index in [1.54, 1.807) is 25.1 Å². The zero-order valence-electron chi connectivity index (χ0n) is 9.87. The van der Waals surface area contributed by atoms with E-state index in [0.717, 1.165) is 5.57 Å². The number of likely N-dealkylation sites (N-methyl/N-ethyl adjacent to an activating group) is 1. The third-order valence-corrected chi connectivity index (χ3v) is 1.84. The van der Waals surface area contributed by atoms with Crippen molar-refractivity contribution in [1.29, 1.82) is 0 Å². The molecular formula is C11H19NO3. The Balaban J connectivity index is 4.99. The van der Waals surface area contributed by atoms with E-state index in [9.17, 15) is 4.79 Å². The second-order valence-corrected chi connectivity index (χ2v) is 3.10. The van der Waals surface area contributed by atoms with Crippen LogP contribution in [0.1, 0.15) is 6.92 Å². The maximum atomic E-state index is 11.5. The minimum Gasteiger partial charge on any atom is -0.464 e. The lowest BCUT2D eigenvalue weighted by molar-refractivity contribution is -0.137. The molecular weight excluding hydrogens is 194 g/mol. The predicted molar refractivity (Wildman–Crippen MR) is 59.4 cm³/mol. The van der Waals surface area contributed by atoms with Gasteiger partial charge in [0.1, 0.15) is 5.70 Å². The van der Waals surface area contributed by atoms with Gasteiger partial charge in [-0.15, -0.1) is 0 Å². The third-order valence-electron chi connectivity index (χ3n) is 1.84. The van der Waals surface area contributed by atoms with E-state index in [4.69, 9.17) is 9.47 Å². The molecule has 4 heteroatoms. The molecule has 15 heavy (non-hydrogen) atoms. The Morgan fingerprint density at radius 1 is 1.47 bits per heavy atom. The second-order valence-electron chi connectivity index (χ2n) is 3.10. The molecule has 4 nitrogen and oxygen atoms in total. The quantitative estimate of drug-likeness (QED) is 0.377. The molecule has 0 heterocycles. The molecule has 0 aliphatic heterocycles. The number of rotatable bonds is 6. The lowest BCUT2D eigenvalue weighted by atomic mass is 10.2. The monoisotopic (exact) mass is 213 g/mol. The van der Waals surface area contributed by atoms with Gasteiger partial charge in [-0.3, -0.25) is 0 Å². The number of hydrogen-bond acceptors (Lipinski definition) is 4. The minimum absolute atomic E-state index is 0.364. The van der Waals surface area contributed by atoms with Gasteiger partial charge >= 0.3 is 5.97 Å². The minimum atomic E-state index is -0.380. The van der Waals surface area contributed by atoms with Gasteiger partial charge in [0, 0.05) is 26.3 Å². The summed E-state index contributed by atoms with van der Waals surface area (Å²) < 4.78 is 9.94. The highest BCUT2D eigenvalue weighted by molar-refractivity contribution is 5.89. The summed E-state index contributed by atoms with van der Waals surface area (Å²) in [5, 5.41) is 0. The smallest absolute Gasteiger partial charge is 0.354 e. The molecule has 0 rings (SSSR count). The summed E-state index contributed by atoms with van der Waals surface area (Å²) in [7, 11) is 4.91. The van der Waals surface area contributed by atoms with Crippen LogP contribution in [0.25, 0.3) is 0 Å². The van der Waals surface area contributed by atoms with Gasteiger partial charge in [0.25, 0.3) is 0 Å². The van der Waals surface area contributed by atoms with Gasteiger partial charge in [0.15, 0.2) is 0 Å². The van der Waals surface area contributed by atoms with E-state index < -0.39 is 0 Å². The molecule has 0 unspecified atom stereocenters. The molecule has 86 valence electrons. The Morgan fingerprint density at radius 2 is 2.07 bits per heavy atom. The van der Waals surface area contributed by atoms with E-state index in [0.29, 0.717) is 18.9 Å². The Labute approximate surface area is 91.2 Å². The fourth-order valence-electron chi connectivity index (χ4n) is 1.13. The molecule has 0 aromatic rings. The van der Waals surface area contributed by atoms with E-state index in [1.165, 1.54) is 7.11 Å². The SMILES string of the molecule is C=CC(COCC)=C(C(=O)OC)N(C)C. The second kappa shape index (κ2) is 7.06. The van der Waals surface area contributed by atoms with Crippen molar-refractivity contribution in [3.8, 4) is 0 Å². The highest BCUT2D eigenvalue weighted by atomic mass is 16.5. The molecule has 0 saturated heterocycles. The van der Waals surface area contributed by atoms with Crippen molar-refractivity contribution in [2.45, 2.75) is 6.92 Å². The van der Waals surface area contributed by atoms with Crippen molar-refractivity contribution in [2.24, 2.45) is 0 Å². The standard InChI is InChI=1S/C11H19NO3/c1-6-9(8-15-7-2)10(12(3)4)11(13)14-5/h6H,1,7-8H2,2-5H3. The van der Waals surface area contributed by atoms with Gasteiger partial charge in [-0.25, -0.2) is 4.79 Å². The summed E-state index contributed by atoms with van der Waals surface area (Å²) in [6.07, 6.45) is 1.61. The molecule has 0 N–H and O–H groups in total. The first-order valence-corrected chi connectivity index (χ1v) is 4.77. The van der Waals surface area contributed by atoms with Gasteiger partial charge in [0.2, 0.25) is 0 Å². The first-order chi connectivity index (χ1) is 7.08. The van der Waals surface area contributed by atoms with Crippen molar-refractivity contribution >= 4 is 5.97 Å². The number of methoxy groups -OCH3 is 1. The van der Waals surface area contributed by atoms with Crippen LogP contribution in [0, 0.1) is 0 Å². The molecule has 0 aromatic heterocycles. The van der Waals surface area contributed by atoms with Crippen molar-refractivity contribution in [3.05, 3.63) is 23.9 Å². The first kappa shape index (κ1) is 13.7. The zero-order valence-corrected chi connectivity index (χ0v) is 9.87. The van der Waals surface area contributed by atoms with Gasteiger partial charge in [-0.2, -0.15) is 0 Å². The summed E-state index contributed by atoms with van der Waals surface area (Å²) in [5.41, 5.74) is 1.20. The van der Waals surface area contributed by atoms with E-state index in [2.05, 4.69) is 6.58 Å². The highest BCUT2D eigenvalue weighted by Gasteiger charge is 2.16. The van der Waals surface area contributed by atoms with Crippen LogP contribution in [-0.4, -0.2) is 45.3 Å². The Hall–Kier alpha value is -1.29. The van der Waals surface area contributed by atoms with Crippen LogP contribution in [0.2, 0.25) is 0 Å². The fourth-order valence-corrected chi connectivity index (χ4v) is 1.13. The average Bonchev–Trinajstić information content (AvgIpc) is 2.22. The van der Waals surface area contributed by atoms with Crippen LogP contribution in [-0.2, 0) is 14.3 Å². The molecule has 0 saturated carbocycles. The molecule has 0 amide bonds. The predicted octanol–water partition coefficient (Wildman–Crippen LogP) is 1.20. The molecule has 0 spiro atoms. The van der Waals surface area contributed by atoms with Crippen LogP contribution in [0.5, 0.6) is 0 Å². The van der Waals surface area contributed by atoms with Gasteiger partial charge in [0.05, 0.1) is 13.7 Å². The third kappa shape index (κ3) is 4.16. The summed E-state index contributed by atoms with van der Waals surface area (Å²) in [6, 6.07) is 0. The van der Waals surface area contributed by atoms with E-state index >= 15 is 0 Å². The van der Waals surface area contributed by atoms with Crippen LogP contribution in [0.3, 0.4) is 0 Å². The Bertz CT molecular complexity index is 257. The molecule has 0 atom stereocenters. The number of hydrogen-bond donors (Lipinski definition) is 0. The summed E-state index contributed by atoms with van der Waals surface area (Å²) >= 11 is 0.